The third-order valence-corrected chi connectivity index (χ3v) is 6.08. The highest BCUT2D eigenvalue weighted by atomic mass is 32.2. The summed E-state index contributed by atoms with van der Waals surface area (Å²) >= 11 is 2.78. The van der Waals surface area contributed by atoms with Crippen LogP contribution in [0.15, 0.2) is 46.8 Å². The number of aryl methyl sites for hydroxylation is 2. The van der Waals surface area contributed by atoms with Crippen molar-refractivity contribution in [3.05, 3.63) is 53.6 Å². The molecular weight excluding hydrogens is 392 g/mol. The van der Waals surface area contributed by atoms with Gasteiger partial charge in [0.05, 0.1) is 18.0 Å². The quantitative estimate of drug-likeness (QED) is 0.528. The molecule has 1 amide bonds. The molecule has 3 rings (SSSR count). The second-order valence-corrected chi connectivity index (χ2v) is 8.83. The predicted molar refractivity (Wildman–Crippen MR) is 116 cm³/mol. The van der Waals surface area contributed by atoms with Gasteiger partial charge in [0.1, 0.15) is 5.75 Å². The van der Waals surface area contributed by atoms with Crippen LogP contribution >= 0.6 is 23.1 Å². The zero-order valence-electron chi connectivity index (χ0n) is 16.1. The SMILES string of the molecule is COc1ccccc1Nc1nnc(SC(C)C(=O)Nc2cc(C)ccc2C)s1. The van der Waals surface area contributed by atoms with E-state index < -0.39 is 0 Å². The first-order chi connectivity index (χ1) is 13.5. The number of nitrogens with zero attached hydrogens (tertiary/aromatic N) is 2. The molecule has 0 aliphatic heterocycles. The van der Waals surface area contributed by atoms with Gasteiger partial charge >= 0.3 is 0 Å². The third kappa shape index (κ3) is 5.02. The number of aromatic nitrogens is 2. The zero-order valence-corrected chi connectivity index (χ0v) is 17.8. The minimum atomic E-state index is -0.299. The van der Waals surface area contributed by atoms with E-state index in [9.17, 15) is 4.79 Å². The Balaban J connectivity index is 1.62. The van der Waals surface area contributed by atoms with Gasteiger partial charge in [-0.15, -0.1) is 10.2 Å². The standard InChI is InChI=1S/C20H22N4O2S2/c1-12-9-10-13(2)16(11-12)21-18(25)14(3)27-20-24-23-19(28-20)22-15-7-5-6-8-17(15)26-4/h5-11,14H,1-4H3,(H,21,25)(H,22,23). The van der Waals surface area contributed by atoms with Crippen molar-refractivity contribution in [3.63, 3.8) is 0 Å². The first kappa shape index (κ1) is 20.2. The highest BCUT2D eigenvalue weighted by Gasteiger charge is 2.18. The minimum absolute atomic E-state index is 0.0619. The molecule has 6 nitrogen and oxygen atoms in total. The predicted octanol–water partition coefficient (Wildman–Crippen LogP) is 5.03. The Bertz CT molecular complexity index is 974. The molecular formula is C20H22N4O2S2. The average molecular weight is 415 g/mol. The first-order valence-electron chi connectivity index (χ1n) is 8.74. The van der Waals surface area contributed by atoms with Crippen LogP contribution in [0.2, 0.25) is 0 Å². The zero-order chi connectivity index (χ0) is 20.1. The van der Waals surface area contributed by atoms with Crippen molar-refractivity contribution in [3.8, 4) is 5.75 Å². The summed E-state index contributed by atoms with van der Waals surface area (Å²) in [5, 5.41) is 14.9. The van der Waals surface area contributed by atoms with E-state index in [1.165, 1.54) is 23.1 Å². The van der Waals surface area contributed by atoms with Crippen molar-refractivity contribution in [2.75, 3.05) is 17.7 Å². The van der Waals surface area contributed by atoms with E-state index >= 15 is 0 Å². The molecule has 0 saturated carbocycles. The number of para-hydroxylation sites is 2. The minimum Gasteiger partial charge on any atom is -0.495 e. The topological polar surface area (TPSA) is 76.1 Å². The van der Waals surface area contributed by atoms with Gasteiger partial charge in [0.2, 0.25) is 11.0 Å². The molecule has 0 aliphatic carbocycles. The van der Waals surface area contributed by atoms with Crippen LogP contribution in [-0.2, 0) is 4.79 Å². The van der Waals surface area contributed by atoms with Gasteiger partial charge < -0.3 is 15.4 Å². The van der Waals surface area contributed by atoms with Crippen molar-refractivity contribution in [2.45, 2.75) is 30.4 Å². The Kier molecular flexibility index (Phi) is 6.53. The van der Waals surface area contributed by atoms with Crippen molar-refractivity contribution >= 4 is 45.5 Å². The molecule has 0 bridgehead atoms. The van der Waals surface area contributed by atoms with E-state index in [1.54, 1.807) is 7.11 Å². The number of carbonyl (C=O) groups excluding carboxylic acids is 1. The molecule has 0 spiro atoms. The molecule has 2 N–H and O–H groups in total. The lowest BCUT2D eigenvalue weighted by atomic mass is 10.1. The monoisotopic (exact) mass is 414 g/mol. The smallest absolute Gasteiger partial charge is 0.237 e. The van der Waals surface area contributed by atoms with E-state index in [2.05, 4.69) is 20.8 Å². The normalized spacial score (nSPS) is 11.7. The summed E-state index contributed by atoms with van der Waals surface area (Å²) in [7, 11) is 1.62. The number of thioether (sulfide) groups is 1. The van der Waals surface area contributed by atoms with Crippen molar-refractivity contribution < 1.29 is 9.53 Å². The van der Waals surface area contributed by atoms with Crippen molar-refractivity contribution in [2.24, 2.45) is 0 Å². The molecule has 0 radical (unpaired) electrons. The van der Waals surface area contributed by atoms with Gasteiger partial charge in [-0.2, -0.15) is 0 Å². The number of hydrogen-bond acceptors (Lipinski definition) is 7. The number of anilines is 3. The summed E-state index contributed by atoms with van der Waals surface area (Å²) in [5.41, 5.74) is 3.81. The van der Waals surface area contributed by atoms with Gasteiger partial charge in [0.15, 0.2) is 4.34 Å². The fourth-order valence-corrected chi connectivity index (χ4v) is 4.39. The van der Waals surface area contributed by atoms with Crippen LogP contribution in [0.4, 0.5) is 16.5 Å². The number of rotatable bonds is 7. The highest BCUT2D eigenvalue weighted by molar-refractivity contribution is 8.02. The lowest BCUT2D eigenvalue weighted by molar-refractivity contribution is -0.115. The van der Waals surface area contributed by atoms with Gasteiger partial charge in [-0.3, -0.25) is 4.79 Å². The number of benzene rings is 2. The number of ether oxygens (including phenoxy) is 1. The van der Waals surface area contributed by atoms with Crippen LogP contribution in [0.3, 0.4) is 0 Å². The fraction of sp³-hybridized carbons (Fsp3) is 0.250. The Morgan fingerprint density at radius 1 is 1.14 bits per heavy atom. The maximum atomic E-state index is 12.6. The van der Waals surface area contributed by atoms with E-state index in [0.717, 1.165) is 32.6 Å². The second-order valence-electron chi connectivity index (χ2n) is 6.27. The third-order valence-electron chi connectivity index (χ3n) is 4.05. The van der Waals surface area contributed by atoms with Gasteiger partial charge in [-0.05, 0) is 50.1 Å². The Morgan fingerprint density at radius 2 is 1.93 bits per heavy atom. The van der Waals surface area contributed by atoms with Crippen LogP contribution < -0.4 is 15.4 Å². The second kappa shape index (κ2) is 9.07. The van der Waals surface area contributed by atoms with Crippen LogP contribution in [0.5, 0.6) is 5.75 Å². The summed E-state index contributed by atoms with van der Waals surface area (Å²) in [6.45, 7) is 5.85. The lowest BCUT2D eigenvalue weighted by Gasteiger charge is -2.12. The molecule has 1 atom stereocenters. The number of nitrogens with one attached hydrogen (secondary N) is 2. The number of carbonyl (C=O) groups is 1. The first-order valence-corrected chi connectivity index (χ1v) is 10.4. The lowest BCUT2D eigenvalue weighted by Crippen LogP contribution is -2.22. The maximum absolute atomic E-state index is 12.6. The fourth-order valence-electron chi connectivity index (χ4n) is 2.48. The Labute approximate surface area is 172 Å². The van der Waals surface area contributed by atoms with Crippen LogP contribution in [0.1, 0.15) is 18.1 Å². The number of methoxy groups -OCH3 is 1. The van der Waals surface area contributed by atoms with E-state index in [1.807, 2.05) is 63.2 Å². The maximum Gasteiger partial charge on any atom is 0.237 e. The van der Waals surface area contributed by atoms with Gasteiger partial charge in [0.25, 0.3) is 0 Å². The number of amides is 1. The van der Waals surface area contributed by atoms with Crippen molar-refractivity contribution in [1.82, 2.24) is 10.2 Å². The summed E-state index contributed by atoms with van der Waals surface area (Å²) in [5.74, 6) is 0.668. The van der Waals surface area contributed by atoms with Crippen LogP contribution in [0.25, 0.3) is 0 Å². The van der Waals surface area contributed by atoms with Gasteiger partial charge in [-0.1, -0.05) is 47.4 Å². The average Bonchev–Trinajstić information content (AvgIpc) is 3.11. The molecule has 0 aliphatic rings. The highest BCUT2D eigenvalue weighted by Crippen LogP contribution is 2.33. The molecule has 1 heterocycles. The van der Waals surface area contributed by atoms with Crippen molar-refractivity contribution in [1.29, 1.82) is 0 Å². The molecule has 1 unspecified atom stereocenters. The van der Waals surface area contributed by atoms with Gasteiger partial charge in [-0.25, -0.2) is 0 Å². The number of hydrogen-bond donors (Lipinski definition) is 2. The van der Waals surface area contributed by atoms with Crippen LogP contribution in [-0.4, -0.2) is 28.5 Å². The molecule has 3 aromatic rings. The van der Waals surface area contributed by atoms with Crippen LogP contribution in [0, 0.1) is 13.8 Å². The van der Waals surface area contributed by atoms with E-state index in [-0.39, 0.29) is 11.2 Å². The largest absolute Gasteiger partial charge is 0.495 e. The molecule has 2 aromatic carbocycles. The summed E-state index contributed by atoms with van der Waals surface area (Å²) in [6.07, 6.45) is 0. The molecule has 28 heavy (non-hydrogen) atoms. The molecule has 8 heteroatoms. The van der Waals surface area contributed by atoms with Gasteiger partial charge in [0, 0.05) is 5.69 Å². The molecule has 146 valence electrons. The van der Waals surface area contributed by atoms with E-state index in [4.69, 9.17) is 4.74 Å². The molecule has 1 aromatic heterocycles. The molecule has 0 saturated heterocycles. The summed E-state index contributed by atoms with van der Waals surface area (Å²) in [4.78, 5) is 12.6. The summed E-state index contributed by atoms with van der Waals surface area (Å²) in [6, 6.07) is 13.6. The Hall–Kier alpha value is -2.58. The Morgan fingerprint density at radius 3 is 2.71 bits per heavy atom. The molecule has 0 fully saturated rings. The summed E-state index contributed by atoms with van der Waals surface area (Å²) < 4.78 is 6.05. The van der Waals surface area contributed by atoms with E-state index in [0.29, 0.717) is 5.13 Å².